The van der Waals surface area contributed by atoms with Crippen LogP contribution in [0.4, 0.5) is 0 Å². The van der Waals surface area contributed by atoms with Gasteiger partial charge in [-0.2, -0.15) is 0 Å². The predicted octanol–water partition coefficient (Wildman–Crippen LogP) is 0.890. The normalized spacial score (nSPS) is 27.5. The highest BCUT2D eigenvalue weighted by atomic mass is 16.6. The van der Waals surface area contributed by atoms with Crippen molar-refractivity contribution in [2.75, 3.05) is 0 Å². The summed E-state index contributed by atoms with van der Waals surface area (Å²) in [7, 11) is 0. The molecule has 2 atom stereocenters. The molecule has 1 aliphatic rings. The molecule has 0 unspecified atom stereocenters. The lowest BCUT2D eigenvalue weighted by atomic mass is 9.98. The molecule has 4 nitrogen and oxygen atoms in total. The van der Waals surface area contributed by atoms with E-state index < -0.39 is 23.5 Å². The molecule has 4 heteroatoms. The van der Waals surface area contributed by atoms with Crippen molar-refractivity contribution < 1.29 is 19.1 Å². The number of ether oxygens (including phenoxy) is 2. The van der Waals surface area contributed by atoms with Crippen LogP contribution >= 0.6 is 0 Å². The van der Waals surface area contributed by atoms with E-state index in [1.54, 1.807) is 27.7 Å². The second-order valence-corrected chi connectivity index (χ2v) is 4.15. The first-order valence-electron chi connectivity index (χ1n) is 4.24. The Labute approximate surface area is 77.2 Å². The van der Waals surface area contributed by atoms with Crippen molar-refractivity contribution in [3.8, 4) is 0 Å². The average molecular weight is 186 g/mol. The largest absolute Gasteiger partial charge is 0.460 e. The minimum Gasteiger partial charge on any atom is -0.460 e. The highest BCUT2D eigenvalue weighted by Crippen LogP contribution is 2.25. The van der Waals surface area contributed by atoms with E-state index in [-0.39, 0.29) is 6.10 Å². The number of hydrogen-bond donors (Lipinski definition) is 0. The van der Waals surface area contributed by atoms with Crippen LogP contribution in [0.5, 0.6) is 0 Å². The summed E-state index contributed by atoms with van der Waals surface area (Å²) in [6.45, 7) is 6.97. The maximum absolute atomic E-state index is 11.3. The van der Waals surface area contributed by atoms with Crippen molar-refractivity contribution in [1.82, 2.24) is 0 Å². The zero-order valence-corrected chi connectivity index (χ0v) is 8.29. The molecule has 0 aromatic carbocycles. The predicted molar refractivity (Wildman–Crippen MR) is 44.9 cm³/mol. The number of cyclic esters (lactones) is 1. The molecule has 0 spiro atoms. The van der Waals surface area contributed by atoms with Gasteiger partial charge >= 0.3 is 11.9 Å². The third kappa shape index (κ3) is 2.20. The molecule has 13 heavy (non-hydrogen) atoms. The fraction of sp³-hybridized carbons (Fsp3) is 0.778. The lowest BCUT2D eigenvalue weighted by Crippen LogP contribution is -2.49. The number of rotatable bonds is 1. The molecular weight excluding hydrogens is 172 g/mol. The summed E-state index contributed by atoms with van der Waals surface area (Å²) in [4.78, 5) is 22.2. The maximum atomic E-state index is 11.3. The van der Waals surface area contributed by atoms with Gasteiger partial charge in [-0.3, -0.25) is 9.59 Å². The fourth-order valence-electron chi connectivity index (χ4n) is 1.10. The van der Waals surface area contributed by atoms with Crippen LogP contribution in [0.1, 0.15) is 27.7 Å². The van der Waals surface area contributed by atoms with Crippen LogP contribution in [-0.2, 0) is 19.1 Å². The summed E-state index contributed by atoms with van der Waals surface area (Å²) in [5.74, 6) is -1.70. The minimum atomic E-state index is -0.723. The Hall–Kier alpha value is -1.06. The SMILES string of the molecule is C[C@@H]1OC(=O)[C@H]1C(=O)OC(C)(C)C. The van der Waals surface area contributed by atoms with E-state index >= 15 is 0 Å². The maximum Gasteiger partial charge on any atom is 0.324 e. The van der Waals surface area contributed by atoms with Crippen LogP contribution in [0.2, 0.25) is 0 Å². The fourth-order valence-corrected chi connectivity index (χ4v) is 1.10. The van der Waals surface area contributed by atoms with Gasteiger partial charge in [0.2, 0.25) is 0 Å². The van der Waals surface area contributed by atoms with Crippen molar-refractivity contribution in [2.24, 2.45) is 5.92 Å². The number of carbonyl (C=O) groups excluding carboxylic acids is 2. The van der Waals surface area contributed by atoms with E-state index in [2.05, 4.69) is 4.74 Å². The second-order valence-electron chi connectivity index (χ2n) is 4.15. The minimum absolute atomic E-state index is 0.345. The molecule has 1 aliphatic heterocycles. The molecule has 1 saturated heterocycles. The van der Waals surface area contributed by atoms with Crippen LogP contribution in [0, 0.1) is 5.92 Å². The van der Waals surface area contributed by atoms with E-state index in [4.69, 9.17) is 4.74 Å². The van der Waals surface area contributed by atoms with Gasteiger partial charge in [-0.25, -0.2) is 0 Å². The van der Waals surface area contributed by atoms with Crippen LogP contribution in [0.15, 0.2) is 0 Å². The topological polar surface area (TPSA) is 52.6 Å². The smallest absolute Gasteiger partial charge is 0.324 e. The lowest BCUT2D eigenvalue weighted by molar-refractivity contribution is -0.197. The zero-order chi connectivity index (χ0) is 10.2. The van der Waals surface area contributed by atoms with E-state index in [0.29, 0.717) is 0 Å². The monoisotopic (exact) mass is 186 g/mol. The quantitative estimate of drug-likeness (QED) is 0.450. The summed E-state index contributed by atoms with van der Waals surface area (Å²) in [5.41, 5.74) is -0.549. The Kier molecular flexibility index (Phi) is 2.32. The van der Waals surface area contributed by atoms with Crippen molar-refractivity contribution in [2.45, 2.75) is 39.4 Å². The first-order valence-corrected chi connectivity index (χ1v) is 4.24. The number of esters is 2. The van der Waals surface area contributed by atoms with Gasteiger partial charge in [0.25, 0.3) is 0 Å². The first-order chi connectivity index (χ1) is 5.81. The van der Waals surface area contributed by atoms with Crippen LogP contribution in [0.25, 0.3) is 0 Å². The Morgan fingerprint density at radius 1 is 1.46 bits per heavy atom. The van der Waals surface area contributed by atoms with Gasteiger partial charge in [-0.1, -0.05) is 0 Å². The van der Waals surface area contributed by atoms with Crippen molar-refractivity contribution in [3.05, 3.63) is 0 Å². The Bertz CT molecular complexity index is 238. The summed E-state index contributed by atoms with van der Waals surface area (Å²) < 4.78 is 9.69. The molecule has 0 aliphatic carbocycles. The molecular formula is C9H14O4. The molecule has 1 fully saturated rings. The second kappa shape index (κ2) is 3.01. The standard InChI is InChI=1S/C9H14O4/c1-5-6(7(10)12-5)8(11)13-9(2,3)4/h5-6H,1-4H3/t5-,6-/m0/s1. The van der Waals surface area contributed by atoms with Gasteiger partial charge < -0.3 is 9.47 Å². The zero-order valence-electron chi connectivity index (χ0n) is 8.29. The molecule has 0 aromatic heterocycles. The van der Waals surface area contributed by atoms with Crippen LogP contribution < -0.4 is 0 Å². The average Bonchev–Trinajstić information content (AvgIpc) is 1.80. The molecule has 0 amide bonds. The van der Waals surface area contributed by atoms with E-state index in [1.807, 2.05) is 0 Å². The van der Waals surface area contributed by atoms with Gasteiger partial charge in [0, 0.05) is 0 Å². The van der Waals surface area contributed by atoms with Crippen LogP contribution in [0.3, 0.4) is 0 Å². The molecule has 0 aromatic rings. The molecule has 0 saturated carbocycles. The van der Waals surface area contributed by atoms with Crippen molar-refractivity contribution >= 4 is 11.9 Å². The molecule has 0 radical (unpaired) electrons. The summed E-state index contributed by atoms with van der Waals surface area (Å²) in [6, 6.07) is 0. The number of carbonyl (C=O) groups is 2. The van der Waals surface area contributed by atoms with Gasteiger partial charge in [0.15, 0.2) is 5.92 Å². The molecule has 74 valence electrons. The van der Waals surface area contributed by atoms with Crippen molar-refractivity contribution in [1.29, 1.82) is 0 Å². The number of hydrogen-bond acceptors (Lipinski definition) is 4. The van der Waals surface area contributed by atoms with E-state index in [9.17, 15) is 9.59 Å². The van der Waals surface area contributed by atoms with Crippen molar-refractivity contribution in [3.63, 3.8) is 0 Å². The Morgan fingerprint density at radius 3 is 2.31 bits per heavy atom. The Balaban J connectivity index is 2.54. The van der Waals surface area contributed by atoms with E-state index in [1.165, 1.54) is 0 Å². The molecule has 1 heterocycles. The summed E-state index contributed by atoms with van der Waals surface area (Å²) in [5, 5.41) is 0. The third-order valence-corrected chi connectivity index (χ3v) is 1.69. The van der Waals surface area contributed by atoms with Crippen LogP contribution in [-0.4, -0.2) is 23.6 Å². The summed E-state index contributed by atoms with van der Waals surface area (Å²) >= 11 is 0. The van der Waals surface area contributed by atoms with Gasteiger partial charge in [-0.05, 0) is 27.7 Å². The Morgan fingerprint density at radius 2 is 2.00 bits per heavy atom. The van der Waals surface area contributed by atoms with E-state index in [0.717, 1.165) is 0 Å². The molecule has 0 N–H and O–H groups in total. The van der Waals surface area contributed by atoms with Gasteiger partial charge in [0.1, 0.15) is 11.7 Å². The molecule has 1 rings (SSSR count). The lowest BCUT2D eigenvalue weighted by Gasteiger charge is -2.32. The highest BCUT2D eigenvalue weighted by Gasteiger charge is 2.47. The third-order valence-electron chi connectivity index (χ3n) is 1.69. The highest BCUT2D eigenvalue weighted by molar-refractivity contribution is 5.99. The van der Waals surface area contributed by atoms with Gasteiger partial charge in [-0.15, -0.1) is 0 Å². The van der Waals surface area contributed by atoms with Gasteiger partial charge in [0.05, 0.1) is 0 Å². The first kappa shape index (κ1) is 10.0. The molecule has 0 bridgehead atoms. The summed E-state index contributed by atoms with van der Waals surface area (Å²) in [6.07, 6.45) is -0.345.